The van der Waals surface area contributed by atoms with Gasteiger partial charge in [-0.05, 0) is 35.7 Å². The number of imidazole rings is 2. The van der Waals surface area contributed by atoms with E-state index in [2.05, 4.69) is 35.8 Å². The highest BCUT2D eigenvalue weighted by Crippen LogP contribution is 2.34. The van der Waals surface area contributed by atoms with Gasteiger partial charge in [-0.3, -0.25) is 0 Å². The van der Waals surface area contributed by atoms with Crippen molar-refractivity contribution in [3.8, 4) is 0 Å². The maximum absolute atomic E-state index is 13.9. The van der Waals surface area contributed by atoms with Gasteiger partial charge in [0.25, 0.3) is 10.0 Å². The zero-order valence-corrected chi connectivity index (χ0v) is 24.7. The molecule has 5 rings (SSSR count). The summed E-state index contributed by atoms with van der Waals surface area (Å²) in [6.07, 6.45) is 7.13. The van der Waals surface area contributed by atoms with E-state index in [9.17, 15) is 8.42 Å². The number of aryl methyl sites for hydroxylation is 1. The van der Waals surface area contributed by atoms with Gasteiger partial charge < -0.3 is 14.5 Å². The fourth-order valence-electron chi connectivity index (χ4n) is 4.43. The Morgan fingerprint density at radius 1 is 1.11 bits per heavy atom. The van der Waals surface area contributed by atoms with Crippen LogP contribution in [-0.4, -0.2) is 44.8 Å². The van der Waals surface area contributed by atoms with Crippen molar-refractivity contribution in [2.45, 2.75) is 30.6 Å². The Hall–Kier alpha value is -2.08. The van der Waals surface area contributed by atoms with Gasteiger partial charge in [0.2, 0.25) is 0 Å². The average Bonchev–Trinajstić information content (AvgIpc) is 3.46. The largest absolute Gasteiger partial charge is 0.364 e. The number of aromatic amines is 1. The third kappa shape index (κ3) is 6.87. The molecule has 0 spiro atoms. The molecule has 37 heavy (non-hydrogen) atoms. The predicted molar refractivity (Wildman–Crippen MR) is 155 cm³/mol. The van der Waals surface area contributed by atoms with E-state index in [1.54, 1.807) is 34.6 Å². The molecule has 4 aromatic rings. The maximum Gasteiger partial charge on any atom is 0.262 e. The summed E-state index contributed by atoms with van der Waals surface area (Å²) in [5.74, 6) is 0. The molecule has 0 saturated heterocycles. The first-order valence-electron chi connectivity index (χ1n) is 10.9. The Morgan fingerprint density at radius 3 is 2.51 bits per heavy atom. The van der Waals surface area contributed by atoms with Gasteiger partial charge in [0.1, 0.15) is 0 Å². The summed E-state index contributed by atoms with van der Waals surface area (Å²) < 4.78 is 31.9. The molecule has 1 aliphatic heterocycles. The van der Waals surface area contributed by atoms with Crippen molar-refractivity contribution in [2.75, 3.05) is 11.4 Å². The number of nitrogens with one attached hydrogen (secondary N) is 1. The monoisotopic (exact) mass is 648 g/mol. The number of hydrogen-bond acceptors (Lipinski definition) is 5. The minimum Gasteiger partial charge on any atom is -0.364 e. The smallest absolute Gasteiger partial charge is 0.262 e. The van der Waals surface area contributed by atoms with Crippen molar-refractivity contribution in [3.05, 3.63) is 94.9 Å². The van der Waals surface area contributed by atoms with Crippen molar-refractivity contribution >= 4 is 68.9 Å². The fourth-order valence-corrected chi connectivity index (χ4v) is 6.40. The molecular weight excluding hydrogens is 623 g/mol. The lowest BCUT2D eigenvalue weighted by molar-refractivity contribution is 0.317. The quantitative estimate of drug-likeness (QED) is 0.318. The van der Waals surface area contributed by atoms with Crippen LogP contribution in [0.5, 0.6) is 0 Å². The third-order valence-corrected chi connectivity index (χ3v) is 8.31. The Balaban J connectivity index is 0.00000160. The SMILES string of the molecule is Cl.Cl.Cl.Cn1cnc(S(=O)(=O)N2Cc3cc(Br)ccc3N(Cc3cnc[nH]3)C[C@H]2Cc2ccccc2)c1. The van der Waals surface area contributed by atoms with Crippen LogP contribution < -0.4 is 4.90 Å². The maximum atomic E-state index is 13.9. The van der Waals surface area contributed by atoms with E-state index in [1.165, 1.54) is 6.33 Å². The van der Waals surface area contributed by atoms with Gasteiger partial charge in [0.05, 0.1) is 24.9 Å². The number of benzene rings is 2. The van der Waals surface area contributed by atoms with Crippen LogP contribution >= 0.6 is 53.2 Å². The highest BCUT2D eigenvalue weighted by molar-refractivity contribution is 9.10. The number of H-pyrrole nitrogens is 1. The molecule has 1 atom stereocenters. The second-order valence-electron chi connectivity index (χ2n) is 8.50. The highest BCUT2D eigenvalue weighted by Gasteiger charge is 2.37. The van der Waals surface area contributed by atoms with Crippen molar-refractivity contribution in [2.24, 2.45) is 7.05 Å². The van der Waals surface area contributed by atoms with Gasteiger partial charge in [-0.2, -0.15) is 4.31 Å². The molecule has 0 bridgehead atoms. The summed E-state index contributed by atoms with van der Waals surface area (Å²) in [6, 6.07) is 15.8. The standard InChI is InChI=1S/C24H25BrN6O2S.3ClH/c1-29-15-24(28-17-29)34(32,33)31-12-19-10-20(25)7-8-23(19)30(13-21-11-26-16-27-21)14-22(31)9-18-5-3-2-4-6-18;;;/h2-8,10-11,15-17,22H,9,12-14H2,1H3,(H,26,27);3*1H/t22-;;;/m1.../s1. The van der Waals surface area contributed by atoms with Gasteiger partial charge in [-0.25, -0.2) is 18.4 Å². The fraction of sp³-hybridized carbons (Fsp3) is 0.250. The second kappa shape index (κ2) is 13.1. The van der Waals surface area contributed by atoms with Crippen LogP contribution in [0.25, 0.3) is 0 Å². The molecule has 1 aliphatic rings. The Labute approximate surface area is 243 Å². The average molecular weight is 651 g/mol. The molecule has 2 aromatic heterocycles. The molecule has 0 saturated carbocycles. The minimum atomic E-state index is -3.84. The summed E-state index contributed by atoms with van der Waals surface area (Å²) in [5, 5.41) is 0.0617. The Kier molecular flexibility index (Phi) is 11.0. The summed E-state index contributed by atoms with van der Waals surface area (Å²) >= 11 is 3.57. The molecule has 200 valence electrons. The number of nitrogens with zero attached hydrogens (tertiary/aromatic N) is 5. The lowest BCUT2D eigenvalue weighted by Gasteiger charge is -2.31. The summed E-state index contributed by atoms with van der Waals surface area (Å²) in [6.45, 7) is 1.37. The van der Waals surface area contributed by atoms with Crippen LogP contribution in [0.1, 0.15) is 16.8 Å². The van der Waals surface area contributed by atoms with Crippen molar-refractivity contribution in [1.29, 1.82) is 0 Å². The summed E-state index contributed by atoms with van der Waals surface area (Å²) in [7, 11) is -2.06. The van der Waals surface area contributed by atoms with Crippen LogP contribution in [0.2, 0.25) is 0 Å². The first kappa shape index (κ1) is 31.1. The van der Waals surface area contributed by atoms with Crippen LogP contribution in [0.4, 0.5) is 5.69 Å². The number of rotatable bonds is 6. The first-order chi connectivity index (χ1) is 16.4. The number of anilines is 1. The Bertz CT molecular complexity index is 1390. The zero-order chi connectivity index (χ0) is 23.7. The highest BCUT2D eigenvalue weighted by atomic mass is 79.9. The summed E-state index contributed by atoms with van der Waals surface area (Å²) in [5.41, 5.74) is 3.99. The molecular formula is C24H28BrCl3N6O2S. The van der Waals surface area contributed by atoms with Crippen molar-refractivity contribution in [3.63, 3.8) is 0 Å². The zero-order valence-electron chi connectivity index (χ0n) is 19.9. The van der Waals surface area contributed by atoms with Gasteiger partial charge >= 0.3 is 0 Å². The van der Waals surface area contributed by atoms with Gasteiger partial charge in [0, 0.05) is 48.7 Å². The van der Waals surface area contributed by atoms with Crippen LogP contribution in [-0.2, 0) is 36.6 Å². The Morgan fingerprint density at radius 2 is 1.86 bits per heavy atom. The number of hydrogen-bond donors (Lipinski definition) is 1. The van der Waals surface area contributed by atoms with E-state index in [0.717, 1.165) is 27.0 Å². The molecule has 0 radical (unpaired) electrons. The van der Waals surface area contributed by atoms with Gasteiger partial charge in [-0.15, -0.1) is 37.2 Å². The van der Waals surface area contributed by atoms with Crippen molar-refractivity contribution in [1.82, 2.24) is 23.8 Å². The predicted octanol–water partition coefficient (Wildman–Crippen LogP) is 4.99. The van der Waals surface area contributed by atoms with Crippen LogP contribution in [0.15, 0.2) is 83.1 Å². The molecule has 0 aliphatic carbocycles. The van der Waals surface area contributed by atoms with Crippen LogP contribution in [0, 0.1) is 0 Å². The lowest BCUT2D eigenvalue weighted by atomic mass is 10.1. The third-order valence-electron chi connectivity index (χ3n) is 6.03. The summed E-state index contributed by atoms with van der Waals surface area (Å²) in [4.78, 5) is 13.8. The molecule has 2 aromatic carbocycles. The van der Waals surface area contributed by atoms with Crippen LogP contribution in [0.3, 0.4) is 0 Å². The molecule has 13 heteroatoms. The van der Waals surface area contributed by atoms with E-state index >= 15 is 0 Å². The normalized spacial score (nSPS) is 15.5. The van der Waals surface area contributed by atoms with Gasteiger partial charge in [0.15, 0.2) is 5.03 Å². The number of sulfonamides is 1. The second-order valence-corrected chi connectivity index (χ2v) is 11.3. The van der Waals surface area contributed by atoms with Gasteiger partial charge in [-0.1, -0.05) is 46.3 Å². The lowest BCUT2D eigenvalue weighted by Crippen LogP contribution is -2.45. The molecule has 3 heterocycles. The molecule has 0 fully saturated rings. The minimum absolute atomic E-state index is 0. The molecule has 1 N–H and O–H groups in total. The number of aromatic nitrogens is 4. The number of fused-ring (bicyclic) bond motifs is 1. The molecule has 8 nitrogen and oxygen atoms in total. The number of halogens is 4. The molecule has 0 unspecified atom stereocenters. The molecule has 0 amide bonds. The van der Waals surface area contributed by atoms with E-state index in [1.807, 2.05) is 48.5 Å². The van der Waals surface area contributed by atoms with E-state index < -0.39 is 10.0 Å². The topological polar surface area (TPSA) is 87.1 Å². The van der Waals surface area contributed by atoms with E-state index in [0.29, 0.717) is 19.5 Å². The van der Waals surface area contributed by atoms with E-state index in [4.69, 9.17) is 0 Å². The van der Waals surface area contributed by atoms with E-state index in [-0.39, 0.29) is 54.8 Å². The van der Waals surface area contributed by atoms with Crippen molar-refractivity contribution < 1.29 is 8.42 Å². The first-order valence-corrected chi connectivity index (χ1v) is 13.2.